The lowest BCUT2D eigenvalue weighted by Gasteiger charge is -2.35. The minimum absolute atomic E-state index is 0.0341. The van der Waals surface area contributed by atoms with Gasteiger partial charge in [-0.05, 0) is 24.0 Å². The Morgan fingerprint density at radius 2 is 1.89 bits per heavy atom. The van der Waals surface area contributed by atoms with Crippen LogP contribution in [0.25, 0.3) is 0 Å². The van der Waals surface area contributed by atoms with Crippen LogP contribution in [-0.4, -0.2) is 17.3 Å². The standard InChI is InChI=1S/C13H18F3NO/c1-3-9-6-5-7-10(8-9)12(18,11(17)4-2)13(14,15)16/h5-8,11,18H,3-4,17H2,1-2H3. The molecule has 0 fully saturated rings. The Morgan fingerprint density at radius 1 is 1.28 bits per heavy atom. The lowest BCUT2D eigenvalue weighted by atomic mass is 9.84. The average Bonchev–Trinajstić information content (AvgIpc) is 2.35. The SMILES string of the molecule is CCc1cccc(C(O)(C(N)CC)C(F)(F)F)c1. The van der Waals surface area contributed by atoms with Crippen LogP contribution in [0.3, 0.4) is 0 Å². The maximum Gasteiger partial charge on any atom is 0.422 e. The summed E-state index contributed by atoms with van der Waals surface area (Å²) in [6.07, 6.45) is -4.16. The van der Waals surface area contributed by atoms with Gasteiger partial charge in [-0.25, -0.2) is 0 Å². The van der Waals surface area contributed by atoms with Crippen LogP contribution < -0.4 is 5.73 Å². The van der Waals surface area contributed by atoms with E-state index in [9.17, 15) is 18.3 Å². The van der Waals surface area contributed by atoms with E-state index in [-0.39, 0.29) is 12.0 Å². The van der Waals surface area contributed by atoms with Crippen LogP contribution >= 0.6 is 0 Å². The summed E-state index contributed by atoms with van der Waals surface area (Å²) in [5.41, 5.74) is 3.04. The van der Waals surface area contributed by atoms with Crippen LogP contribution in [-0.2, 0) is 12.0 Å². The lowest BCUT2D eigenvalue weighted by molar-refractivity contribution is -0.274. The van der Waals surface area contributed by atoms with Gasteiger partial charge in [0.1, 0.15) is 0 Å². The van der Waals surface area contributed by atoms with E-state index in [0.717, 1.165) is 5.56 Å². The molecule has 3 N–H and O–H groups in total. The molecule has 2 unspecified atom stereocenters. The van der Waals surface area contributed by atoms with Crippen LogP contribution in [0, 0.1) is 0 Å². The van der Waals surface area contributed by atoms with Crippen LogP contribution in [0.1, 0.15) is 31.4 Å². The Balaban J connectivity index is 3.34. The zero-order chi connectivity index (χ0) is 14.0. The van der Waals surface area contributed by atoms with Crippen molar-refractivity contribution in [3.8, 4) is 0 Å². The topological polar surface area (TPSA) is 46.2 Å². The molecule has 0 aliphatic heterocycles. The molecule has 0 aromatic heterocycles. The normalized spacial score (nSPS) is 17.3. The molecule has 1 aromatic rings. The van der Waals surface area contributed by atoms with E-state index in [1.165, 1.54) is 25.1 Å². The van der Waals surface area contributed by atoms with E-state index in [1.807, 2.05) is 6.92 Å². The van der Waals surface area contributed by atoms with Crippen molar-refractivity contribution < 1.29 is 18.3 Å². The molecule has 102 valence electrons. The molecular weight excluding hydrogens is 243 g/mol. The van der Waals surface area contributed by atoms with Gasteiger partial charge in [-0.15, -0.1) is 0 Å². The summed E-state index contributed by atoms with van der Waals surface area (Å²) < 4.78 is 39.4. The predicted molar refractivity (Wildman–Crippen MR) is 64.0 cm³/mol. The van der Waals surface area contributed by atoms with Gasteiger partial charge in [0.15, 0.2) is 0 Å². The quantitative estimate of drug-likeness (QED) is 0.875. The number of aliphatic hydroxyl groups is 1. The second-order valence-corrected chi connectivity index (χ2v) is 4.33. The third-order valence-corrected chi connectivity index (χ3v) is 3.18. The molecule has 1 rings (SSSR count). The molecule has 5 heteroatoms. The summed E-state index contributed by atoms with van der Waals surface area (Å²) in [7, 11) is 0. The molecule has 0 amide bonds. The predicted octanol–water partition coefficient (Wildman–Crippen LogP) is 2.74. The minimum atomic E-state index is -4.80. The monoisotopic (exact) mass is 261 g/mol. The minimum Gasteiger partial charge on any atom is -0.375 e. The molecule has 18 heavy (non-hydrogen) atoms. The van der Waals surface area contributed by atoms with Gasteiger partial charge >= 0.3 is 6.18 Å². The fourth-order valence-electron chi connectivity index (χ4n) is 1.91. The summed E-state index contributed by atoms with van der Waals surface area (Å²) in [6.45, 7) is 3.36. The second kappa shape index (κ2) is 5.28. The number of halogens is 3. The first-order chi connectivity index (χ1) is 8.27. The zero-order valence-corrected chi connectivity index (χ0v) is 10.5. The third kappa shape index (κ3) is 2.52. The maximum absolute atomic E-state index is 13.1. The van der Waals surface area contributed by atoms with E-state index in [2.05, 4.69) is 0 Å². The Bertz CT molecular complexity index is 405. The summed E-state index contributed by atoms with van der Waals surface area (Å²) in [6, 6.07) is 4.47. The molecule has 0 heterocycles. The van der Waals surface area contributed by atoms with Gasteiger partial charge in [0.2, 0.25) is 5.60 Å². The van der Waals surface area contributed by atoms with Crippen molar-refractivity contribution >= 4 is 0 Å². The van der Waals surface area contributed by atoms with Crippen LogP contribution in [0.4, 0.5) is 13.2 Å². The maximum atomic E-state index is 13.1. The molecule has 0 spiro atoms. The average molecular weight is 261 g/mol. The zero-order valence-electron chi connectivity index (χ0n) is 10.5. The summed E-state index contributed by atoms with van der Waals surface area (Å²) in [5.74, 6) is 0. The Kier molecular flexibility index (Phi) is 4.40. The van der Waals surface area contributed by atoms with Crippen molar-refractivity contribution in [1.82, 2.24) is 0 Å². The molecule has 2 nitrogen and oxygen atoms in total. The highest BCUT2D eigenvalue weighted by Crippen LogP contribution is 2.42. The van der Waals surface area contributed by atoms with Crippen molar-refractivity contribution in [2.24, 2.45) is 5.73 Å². The molecule has 1 aromatic carbocycles. The Morgan fingerprint density at radius 3 is 2.33 bits per heavy atom. The number of hydrogen-bond acceptors (Lipinski definition) is 2. The highest BCUT2D eigenvalue weighted by Gasteiger charge is 2.58. The number of alkyl halides is 3. The van der Waals surface area contributed by atoms with Gasteiger partial charge in [0.25, 0.3) is 0 Å². The second-order valence-electron chi connectivity index (χ2n) is 4.33. The molecule has 0 radical (unpaired) electrons. The van der Waals surface area contributed by atoms with Crippen molar-refractivity contribution in [2.45, 2.75) is 44.5 Å². The molecular formula is C13H18F3NO. The number of rotatable bonds is 4. The van der Waals surface area contributed by atoms with Gasteiger partial charge in [-0.2, -0.15) is 13.2 Å². The highest BCUT2D eigenvalue weighted by atomic mass is 19.4. The van der Waals surface area contributed by atoms with E-state index in [0.29, 0.717) is 6.42 Å². The molecule has 0 bridgehead atoms. The van der Waals surface area contributed by atoms with E-state index in [1.54, 1.807) is 6.07 Å². The van der Waals surface area contributed by atoms with Gasteiger partial charge in [0.05, 0.1) is 0 Å². The number of benzene rings is 1. The van der Waals surface area contributed by atoms with Crippen molar-refractivity contribution in [2.75, 3.05) is 0 Å². The molecule has 0 aliphatic carbocycles. The van der Waals surface area contributed by atoms with Crippen LogP contribution in [0.2, 0.25) is 0 Å². The number of nitrogens with two attached hydrogens (primary N) is 1. The van der Waals surface area contributed by atoms with E-state index < -0.39 is 17.8 Å². The first-order valence-electron chi connectivity index (χ1n) is 5.91. The van der Waals surface area contributed by atoms with Gasteiger partial charge in [-0.1, -0.05) is 38.1 Å². The smallest absolute Gasteiger partial charge is 0.375 e. The summed E-state index contributed by atoms with van der Waals surface area (Å²) >= 11 is 0. The third-order valence-electron chi connectivity index (χ3n) is 3.18. The van der Waals surface area contributed by atoms with Gasteiger partial charge < -0.3 is 10.8 Å². The highest BCUT2D eigenvalue weighted by molar-refractivity contribution is 5.31. The molecule has 0 saturated heterocycles. The molecule has 0 aliphatic rings. The van der Waals surface area contributed by atoms with Gasteiger partial charge in [0, 0.05) is 6.04 Å². The van der Waals surface area contributed by atoms with E-state index in [4.69, 9.17) is 5.73 Å². The van der Waals surface area contributed by atoms with Crippen molar-refractivity contribution in [1.29, 1.82) is 0 Å². The fraction of sp³-hybridized carbons (Fsp3) is 0.538. The first kappa shape index (κ1) is 15.0. The largest absolute Gasteiger partial charge is 0.422 e. The number of aryl methyl sites for hydroxylation is 1. The lowest BCUT2D eigenvalue weighted by Crippen LogP contribution is -2.55. The molecule has 2 atom stereocenters. The molecule has 0 saturated carbocycles. The number of hydrogen-bond donors (Lipinski definition) is 2. The Labute approximate surface area is 105 Å². The van der Waals surface area contributed by atoms with E-state index >= 15 is 0 Å². The first-order valence-corrected chi connectivity index (χ1v) is 5.91. The fourth-order valence-corrected chi connectivity index (χ4v) is 1.91. The Hall–Kier alpha value is -1.07. The van der Waals surface area contributed by atoms with Crippen molar-refractivity contribution in [3.05, 3.63) is 35.4 Å². The van der Waals surface area contributed by atoms with Crippen LogP contribution in [0.15, 0.2) is 24.3 Å². The summed E-state index contributed by atoms with van der Waals surface area (Å²) in [5, 5.41) is 10.1. The van der Waals surface area contributed by atoms with Gasteiger partial charge in [-0.3, -0.25) is 0 Å². The van der Waals surface area contributed by atoms with Crippen LogP contribution in [0.5, 0.6) is 0 Å². The van der Waals surface area contributed by atoms with Crippen molar-refractivity contribution in [3.63, 3.8) is 0 Å². The summed E-state index contributed by atoms with van der Waals surface area (Å²) in [4.78, 5) is 0.